The van der Waals surface area contributed by atoms with Crippen LogP contribution in [0.2, 0.25) is 0 Å². The third-order valence-electron chi connectivity index (χ3n) is 2.91. The maximum Gasteiger partial charge on any atom is 0.125 e. The van der Waals surface area contributed by atoms with Gasteiger partial charge in [0.2, 0.25) is 0 Å². The molecule has 1 aromatic carbocycles. The number of nitrogens with zero attached hydrogens (tertiary/aromatic N) is 3. The van der Waals surface area contributed by atoms with Gasteiger partial charge in [0.1, 0.15) is 5.82 Å². The highest BCUT2D eigenvalue weighted by atomic mass is 127. The second-order valence-corrected chi connectivity index (χ2v) is 6.29. The highest BCUT2D eigenvalue weighted by molar-refractivity contribution is 14.1. The number of benzene rings is 1. The average molecular weight is 378 g/mol. The van der Waals surface area contributed by atoms with Gasteiger partial charge in [-0.1, -0.05) is 0 Å². The van der Waals surface area contributed by atoms with E-state index >= 15 is 0 Å². The van der Waals surface area contributed by atoms with Crippen LogP contribution in [-0.2, 0) is 5.88 Å². The molecule has 0 fully saturated rings. The van der Waals surface area contributed by atoms with Crippen LogP contribution in [0.25, 0.3) is 11.0 Å². The zero-order chi connectivity index (χ0) is 13.3. The molecule has 18 heavy (non-hydrogen) atoms. The lowest BCUT2D eigenvalue weighted by molar-refractivity contribution is 0.337. The zero-order valence-corrected chi connectivity index (χ0v) is 13.7. The molecular formula is C13H17ClIN3. The number of rotatable bonds is 4. The summed E-state index contributed by atoms with van der Waals surface area (Å²) < 4.78 is 3.45. The Morgan fingerprint density at radius 3 is 2.78 bits per heavy atom. The first kappa shape index (κ1) is 14.1. The van der Waals surface area contributed by atoms with Gasteiger partial charge >= 0.3 is 0 Å². The van der Waals surface area contributed by atoms with E-state index in [0.29, 0.717) is 11.9 Å². The summed E-state index contributed by atoms with van der Waals surface area (Å²) in [4.78, 5) is 6.81. The highest BCUT2D eigenvalue weighted by Gasteiger charge is 2.15. The van der Waals surface area contributed by atoms with Gasteiger partial charge in [0.25, 0.3) is 0 Å². The molecular weight excluding hydrogens is 361 g/mol. The van der Waals surface area contributed by atoms with E-state index in [-0.39, 0.29) is 0 Å². The van der Waals surface area contributed by atoms with Gasteiger partial charge in [-0.15, -0.1) is 11.6 Å². The molecule has 0 N–H and O–H groups in total. The van der Waals surface area contributed by atoms with Gasteiger partial charge in [0.05, 0.1) is 16.9 Å². The van der Waals surface area contributed by atoms with Crippen LogP contribution in [0.1, 0.15) is 18.8 Å². The lowest BCUT2D eigenvalue weighted by atomic mass is 10.2. The summed E-state index contributed by atoms with van der Waals surface area (Å²) in [5.74, 6) is 1.39. The van der Waals surface area contributed by atoms with E-state index in [1.165, 1.54) is 9.09 Å². The Morgan fingerprint density at radius 2 is 2.17 bits per heavy atom. The van der Waals surface area contributed by atoms with Crippen LogP contribution >= 0.6 is 34.2 Å². The Balaban J connectivity index is 2.53. The number of likely N-dealkylation sites (N-methyl/N-ethyl adjacent to an activating group) is 1. The molecule has 1 heterocycles. The fraction of sp³-hybridized carbons (Fsp3) is 0.462. The van der Waals surface area contributed by atoms with Crippen LogP contribution < -0.4 is 0 Å². The first-order valence-electron chi connectivity index (χ1n) is 5.90. The van der Waals surface area contributed by atoms with Crippen molar-refractivity contribution in [2.45, 2.75) is 18.8 Å². The maximum atomic E-state index is 6.03. The second kappa shape index (κ2) is 5.75. The van der Waals surface area contributed by atoms with Crippen molar-refractivity contribution in [3.63, 3.8) is 0 Å². The van der Waals surface area contributed by atoms with Crippen molar-refractivity contribution in [3.8, 4) is 0 Å². The van der Waals surface area contributed by atoms with E-state index < -0.39 is 0 Å². The van der Waals surface area contributed by atoms with Gasteiger partial charge in [-0.05, 0) is 61.8 Å². The molecule has 1 aromatic heterocycles. The van der Waals surface area contributed by atoms with Crippen LogP contribution in [0.15, 0.2) is 18.2 Å². The minimum atomic E-state index is 0.360. The number of hydrogen-bond acceptors (Lipinski definition) is 2. The first-order valence-corrected chi connectivity index (χ1v) is 7.51. The Bertz CT molecular complexity index is 550. The molecule has 2 rings (SSSR count). The minimum Gasteiger partial charge on any atom is -0.323 e. The molecule has 3 nitrogen and oxygen atoms in total. The molecule has 1 unspecified atom stereocenters. The van der Waals surface area contributed by atoms with E-state index in [4.69, 9.17) is 11.6 Å². The minimum absolute atomic E-state index is 0.360. The van der Waals surface area contributed by atoms with Gasteiger partial charge in [0, 0.05) is 16.2 Å². The van der Waals surface area contributed by atoms with Crippen molar-refractivity contribution < 1.29 is 0 Å². The summed E-state index contributed by atoms with van der Waals surface area (Å²) in [5.41, 5.74) is 2.20. The van der Waals surface area contributed by atoms with E-state index in [0.717, 1.165) is 17.9 Å². The summed E-state index contributed by atoms with van der Waals surface area (Å²) in [7, 11) is 4.16. The van der Waals surface area contributed by atoms with Crippen molar-refractivity contribution in [2.75, 3.05) is 20.6 Å². The Labute approximate surface area is 126 Å². The van der Waals surface area contributed by atoms with Crippen LogP contribution in [0.5, 0.6) is 0 Å². The second-order valence-electron chi connectivity index (χ2n) is 4.78. The largest absolute Gasteiger partial charge is 0.323 e. The number of imidazole rings is 1. The van der Waals surface area contributed by atoms with Crippen molar-refractivity contribution >= 4 is 45.2 Å². The molecule has 98 valence electrons. The van der Waals surface area contributed by atoms with Crippen LogP contribution in [-0.4, -0.2) is 35.1 Å². The van der Waals surface area contributed by atoms with E-state index in [1.807, 2.05) is 0 Å². The summed E-state index contributed by atoms with van der Waals surface area (Å²) in [6.07, 6.45) is 0. The van der Waals surface area contributed by atoms with Gasteiger partial charge < -0.3 is 9.47 Å². The standard InChI is InChI=1S/C13H17ClIN3/c1-9(8-17(2)3)18-12-5-4-10(15)6-11(12)16-13(18)7-14/h4-6,9H,7-8H2,1-3H3. The number of hydrogen-bond donors (Lipinski definition) is 0. The predicted octanol–water partition coefficient (Wildman–Crippen LogP) is 3.50. The lowest BCUT2D eigenvalue weighted by Gasteiger charge is -2.20. The predicted molar refractivity (Wildman–Crippen MR) is 85.3 cm³/mol. The molecule has 0 aliphatic rings. The third-order valence-corrected chi connectivity index (χ3v) is 3.82. The SMILES string of the molecule is CC(CN(C)C)n1c(CCl)nc2cc(I)ccc21. The number of halogens is 2. The average Bonchev–Trinajstić information content (AvgIpc) is 2.65. The smallest absolute Gasteiger partial charge is 0.125 e. The van der Waals surface area contributed by atoms with Gasteiger partial charge in [-0.3, -0.25) is 0 Å². The molecule has 0 aliphatic carbocycles. The van der Waals surface area contributed by atoms with Crippen LogP contribution in [0, 0.1) is 3.57 Å². The highest BCUT2D eigenvalue weighted by Crippen LogP contribution is 2.24. The summed E-state index contributed by atoms with van der Waals surface area (Å²) in [5, 5.41) is 0. The van der Waals surface area contributed by atoms with Gasteiger partial charge in [0.15, 0.2) is 0 Å². The molecule has 0 radical (unpaired) electrons. The molecule has 0 amide bonds. The zero-order valence-electron chi connectivity index (χ0n) is 10.8. The van der Waals surface area contributed by atoms with Crippen LogP contribution in [0.4, 0.5) is 0 Å². The van der Waals surface area contributed by atoms with Crippen molar-refractivity contribution in [3.05, 3.63) is 27.6 Å². The van der Waals surface area contributed by atoms with Crippen molar-refractivity contribution in [2.24, 2.45) is 0 Å². The quantitative estimate of drug-likeness (QED) is 0.601. The summed E-state index contributed by atoms with van der Waals surface area (Å²) >= 11 is 8.33. The van der Waals surface area contributed by atoms with E-state index in [9.17, 15) is 0 Å². The third kappa shape index (κ3) is 2.81. The monoisotopic (exact) mass is 377 g/mol. The first-order chi connectivity index (χ1) is 8.52. The summed E-state index contributed by atoms with van der Waals surface area (Å²) in [6.45, 7) is 3.18. The molecule has 0 spiro atoms. The Hall–Kier alpha value is -0.330. The Morgan fingerprint density at radius 1 is 1.44 bits per heavy atom. The topological polar surface area (TPSA) is 21.1 Å². The van der Waals surface area contributed by atoms with Crippen molar-refractivity contribution in [1.29, 1.82) is 0 Å². The molecule has 5 heteroatoms. The number of alkyl halides is 1. The lowest BCUT2D eigenvalue weighted by Crippen LogP contribution is -2.23. The fourth-order valence-electron chi connectivity index (χ4n) is 2.32. The molecule has 0 aliphatic heterocycles. The van der Waals surface area contributed by atoms with Gasteiger partial charge in [-0.25, -0.2) is 4.98 Å². The molecule has 2 aromatic rings. The molecule has 1 atom stereocenters. The summed E-state index contributed by atoms with van der Waals surface area (Å²) in [6, 6.07) is 6.71. The van der Waals surface area contributed by atoms with E-state index in [2.05, 4.69) is 76.3 Å². The molecule has 0 saturated heterocycles. The van der Waals surface area contributed by atoms with Crippen molar-refractivity contribution in [1.82, 2.24) is 14.5 Å². The van der Waals surface area contributed by atoms with E-state index in [1.54, 1.807) is 0 Å². The van der Waals surface area contributed by atoms with Crippen LogP contribution in [0.3, 0.4) is 0 Å². The number of aromatic nitrogens is 2. The normalized spacial score (nSPS) is 13.4. The molecule has 0 bridgehead atoms. The Kier molecular flexibility index (Phi) is 4.50. The number of fused-ring (bicyclic) bond motifs is 1. The maximum absolute atomic E-state index is 6.03. The van der Waals surface area contributed by atoms with Gasteiger partial charge in [-0.2, -0.15) is 0 Å². The molecule has 0 saturated carbocycles. The fourth-order valence-corrected chi connectivity index (χ4v) is 2.98.